The Labute approximate surface area is 192 Å². The molecule has 2 aliphatic heterocycles. The molecule has 2 aromatic rings. The number of nitrogens with one attached hydrogen (secondary N) is 1. The first-order valence-corrected chi connectivity index (χ1v) is 11.4. The lowest BCUT2D eigenvalue weighted by Gasteiger charge is -2.34. The molecule has 1 N–H and O–H groups in total. The number of hydrogen-bond donors (Lipinski definition) is 1. The summed E-state index contributed by atoms with van der Waals surface area (Å²) in [5, 5.41) is 0.959. The topological polar surface area (TPSA) is 58.7 Å². The smallest absolute Gasteiger partial charge is 0.255 e. The van der Waals surface area contributed by atoms with E-state index in [0.29, 0.717) is 5.56 Å². The summed E-state index contributed by atoms with van der Waals surface area (Å²) in [6.45, 7) is 13.7. The molecule has 4 heterocycles. The molecule has 0 spiro atoms. The van der Waals surface area contributed by atoms with Gasteiger partial charge in [-0.1, -0.05) is 18.7 Å². The third-order valence-electron chi connectivity index (χ3n) is 6.46. The first kappa shape index (κ1) is 22.3. The van der Waals surface area contributed by atoms with Crippen LogP contribution in [0.15, 0.2) is 49.0 Å². The third kappa shape index (κ3) is 4.79. The van der Waals surface area contributed by atoms with E-state index in [2.05, 4.69) is 57.5 Å². The van der Waals surface area contributed by atoms with Crippen molar-refractivity contribution in [3.63, 3.8) is 0 Å². The van der Waals surface area contributed by atoms with Crippen molar-refractivity contribution in [2.24, 2.45) is 0 Å². The van der Waals surface area contributed by atoms with Gasteiger partial charge in [0, 0.05) is 82.8 Å². The average Bonchev–Trinajstić information content (AvgIpc) is 3.22. The lowest BCUT2D eigenvalue weighted by atomic mass is 10.0. The van der Waals surface area contributed by atoms with Crippen LogP contribution in [0.1, 0.15) is 24.3 Å². The summed E-state index contributed by atoms with van der Waals surface area (Å²) in [7, 11) is 4.24. The van der Waals surface area contributed by atoms with Gasteiger partial charge >= 0.3 is 0 Å². The zero-order valence-corrected chi connectivity index (χ0v) is 19.5. The van der Waals surface area contributed by atoms with Crippen LogP contribution >= 0.6 is 0 Å². The van der Waals surface area contributed by atoms with Gasteiger partial charge in [0.2, 0.25) is 0 Å². The quantitative estimate of drug-likeness (QED) is 0.731. The number of likely N-dealkylation sites (N-methyl/N-ethyl adjacent to an activating group) is 2. The van der Waals surface area contributed by atoms with Gasteiger partial charge in [-0.25, -0.2) is 4.98 Å². The van der Waals surface area contributed by atoms with Gasteiger partial charge in [0.05, 0.1) is 5.56 Å². The number of carbonyl (C=O) groups excluding carboxylic acids is 1. The second kappa shape index (κ2) is 9.71. The molecule has 7 heteroatoms. The first-order valence-electron chi connectivity index (χ1n) is 11.4. The lowest BCUT2D eigenvalue weighted by molar-refractivity contribution is 0.0664. The van der Waals surface area contributed by atoms with Crippen LogP contribution in [0.4, 0.5) is 0 Å². The van der Waals surface area contributed by atoms with E-state index < -0.39 is 0 Å². The summed E-state index contributed by atoms with van der Waals surface area (Å²) < 4.78 is 0. The zero-order valence-electron chi connectivity index (χ0n) is 19.5. The molecular formula is C25H36N6O. The predicted molar refractivity (Wildman–Crippen MR) is 133 cm³/mol. The van der Waals surface area contributed by atoms with Crippen LogP contribution in [0, 0.1) is 0 Å². The number of aromatic nitrogens is 2. The molecule has 0 aromatic carbocycles. The second-order valence-corrected chi connectivity index (χ2v) is 8.80. The van der Waals surface area contributed by atoms with Gasteiger partial charge in [0.1, 0.15) is 5.65 Å². The highest BCUT2D eigenvalue weighted by molar-refractivity contribution is 6.00. The van der Waals surface area contributed by atoms with E-state index in [1.165, 1.54) is 0 Å². The number of nitrogens with zero attached hydrogens (tertiary/aromatic N) is 5. The number of pyridine rings is 1. The highest BCUT2D eigenvalue weighted by Crippen LogP contribution is 2.28. The molecule has 1 amide bonds. The van der Waals surface area contributed by atoms with Crippen molar-refractivity contribution in [3.8, 4) is 0 Å². The van der Waals surface area contributed by atoms with E-state index in [-0.39, 0.29) is 7.33 Å². The number of piperazine rings is 2. The summed E-state index contributed by atoms with van der Waals surface area (Å²) in [6.07, 6.45) is 9.94. The van der Waals surface area contributed by atoms with Crippen molar-refractivity contribution < 1.29 is 6.22 Å². The van der Waals surface area contributed by atoms with Crippen molar-refractivity contribution in [1.82, 2.24) is 29.6 Å². The number of allylic oxidation sites excluding steroid dienone is 4. The van der Waals surface area contributed by atoms with Gasteiger partial charge in [-0.05, 0) is 38.7 Å². The number of fused-ring (bicyclic) bond motifs is 1. The van der Waals surface area contributed by atoms with Gasteiger partial charge in [0.25, 0.3) is 5.91 Å². The first-order chi connectivity index (χ1) is 15.5. The molecule has 4 rings (SSSR count). The Morgan fingerprint density at radius 2 is 1.69 bits per heavy atom. The minimum atomic E-state index is 0. The Bertz CT molecular complexity index is 1040. The number of H-pyrrole nitrogens is 1. The molecule has 2 fully saturated rings. The minimum absolute atomic E-state index is 0. The molecule has 2 aliphatic rings. The number of carbonyl (C=O) groups is 1. The van der Waals surface area contributed by atoms with Crippen LogP contribution in [0.25, 0.3) is 16.6 Å². The maximum atomic E-state index is 13.1. The van der Waals surface area contributed by atoms with E-state index in [4.69, 9.17) is 0 Å². The molecule has 32 heavy (non-hydrogen) atoms. The molecule has 0 saturated carbocycles. The lowest BCUT2D eigenvalue weighted by Crippen LogP contribution is -2.47. The maximum absolute atomic E-state index is 13.1. The van der Waals surface area contributed by atoms with Crippen LogP contribution in [-0.4, -0.2) is 102 Å². The summed E-state index contributed by atoms with van der Waals surface area (Å²) in [5.74, 6) is 0.0538. The molecule has 7 nitrogen and oxygen atoms in total. The summed E-state index contributed by atoms with van der Waals surface area (Å²) in [5.41, 5.74) is 4.54. The minimum Gasteiger partial charge on any atom is -0.369 e. The SMILES string of the molecule is C=C(/C=C(\C=C/C)c1c[nH]c2ncc(C(=O)N3CCN(C)CC3)cc12)N1CCN(C)CC1.[HH]. The molecule has 0 radical (unpaired) electrons. The van der Waals surface area contributed by atoms with E-state index in [9.17, 15) is 4.79 Å². The fourth-order valence-electron chi connectivity index (χ4n) is 4.31. The van der Waals surface area contributed by atoms with Gasteiger partial charge in [-0.15, -0.1) is 0 Å². The van der Waals surface area contributed by atoms with Crippen LogP contribution in [0.2, 0.25) is 0 Å². The highest BCUT2D eigenvalue weighted by atomic mass is 16.2. The summed E-state index contributed by atoms with van der Waals surface area (Å²) >= 11 is 0. The Balaban J connectivity index is 0.00000306. The fraction of sp³-hybridized carbons (Fsp3) is 0.440. The monoisotopic (exact) mass is 436 g/mol. The number of aromatic amines is 1. The summed E-state index contributed by atoms with van der Waals surface area (Å²) in [6, 6.07) is 1.98. The Kier molecular flexibility index (Phi) is 6.77. The molecule has 0 aliphatic carbocycles. The Morgan fingerprint density at radius 1 is 1.06 bits per heavy atom. The molecule has 172 valence electrons. The van der Waals surface area contributed by atoms with E-state index in [0.717, 1.165) is 80.2 Å². The van der Waals surface area contributed by atoms with Crippen molar-refractivity contribution in [3.05, 3.63) is 60.1 Å². The van der Waals surface area contributed by atoms with E-state index >= 15 is 0 Å². The molecule has 0 bridgehead atoms. The van der Waals surface area contributed by atoms with E-state index in [1.807, 2.05) is 30.2 Å². The van der Waals surface area contributed by atoms with Crippen LogP contribution in [-0.2, 0) is 0 Å². The fourth-order valence-corrected chi connectivity index (χ4v) is 4.31. The molecule has 2 saturated heterocycles. The molecule has 0 atom stereocenters. The average molecular weight is 437 g/mol. The van der Waals surface area contributed by atoms with Crippen LogP contribution < -0.4 is 0 Å². The second-order valence-electron chi connectivity index (χ2n) is 8.80. The summed E-state index contributed by atoms with van der Waals surface area (Å²) in [4.78, 5) is 29.8. The zero-order chi connectivity index (χ0) is 22.7. The van der Waals surface area contributed by atoms with Gasteiger partial charge in [-0.2, -0.15) is 0 Å². The standard InChI is InChI=1S/C25H34N6O.H2/c1-5-6-20(15-19(2)30-11-7-28(3)8-12-30)23-18-27-24-22(23)16-21(17-26-24)25(32)31-13-9-29(4)10-14-31;/h5-6,15-18H,2,7-14H2,1,3-4H3,(H,26,27);1H/b6-5-,20-15+;. The van der Waals surface area contributed by atoms with Gasteiger partial charge < -0.3 is 24.6 Å². The highest BCUT2D eigenvalue weighted by Gasteiger charge is 2.22. The Hall–Kier alpha value is -2.90. The van der Waals surface area contributed by atoms with E-state index in [1.54, 1.807) is 6.20 Å². The third-order valence-corrected chi connectivity index (χ3v) is 6.46. The predicted octanol–water partition coefficient (Wildman–Crippen LogP) is 2.92. The molecular weight excluding hydrogens is 400 g/mol. The molecule has 2 aromatic heterocycles. The van der Waals surface area contributed by atoms with Crippen molar-refractivity contribution in [1.29, 1.82) is 0 Å². The molecule has 0 unspecified atom stereocenters. The number of rotatable bonds is 5. The van der Waals surface area contributed by atoms with Crippen molar-refractivity contribution in [2.45, 2.75) is 6.92 Å². The maximum Gasteiger partial charge on any atom is 0.255 e. The van der Waals surface area contributed by atoms with Crippen molar-refractivity contribution in [2.75, 3.05) is 66.5 Å². The van der Waals surface area contributed by atoms with Gasteiger partial charge in [-0.3, -0.25) is 4.79 Å². The number of amides is 1. The van der Waals surface area contributed by atoms with Crippen molar-refractivity contribution >= 4 is 22.5 Å². The normalized spacial score (nSPS) is 19.3. The van der Waals surface area contributed by atoms with Crippen LogP contribution in [0.5, 0.6) is 0 Å². The van der Waals surface area contributed by atoms with Gasteiger partial charge in [0.15, 0.2) is 0 Å². The number of hydrogen-bond acceptors (Lipinski definition) is 5. The Morgan fingerprint density at radius 3 is 2.31 bits per heavy atom. The largest absolute Gasteiger partial charge is 0.369 e. The van der Waals surface area contributed by atoms with Crippen LogP contribution in [0.3, 0.4) is 0 Å².